The molecule has 0 aliphatic heterocycles. The number of furan rings is 1. The molecule has 0 amide bonds. The molecule has 2 aromatic heterocycles. The largest absolute Gasteiger partial charge is 0.469 e. The molecule has 0 radical (unpaired) electrons. The predicted octanol–water partition coefficient (Wildman–Crippen LogP) is 5.81. The van der Waals surface area contributed by atoms with Gasteiger partial charge in [-0.05, 0) is 60.2 Å². The van der Waals surface area contributed by atoms with Crippen molar-refractivity contribution in [3.05, 3.63) is 95.2 Å². The summed E-state index contributed by atoms with van der Waals surface area (Å²) in [6.07, 6.45) is 13.3. The highest BCUT2D eigenvalue weighted by molar-refractivity contribution is 6.31. The average Bonchev–Trinajstić information content (AvgIpc) is 3.32. The number of fused-ring (bicyclic) bond motifs is 1. The van der Waals surface area contributed by atoms with Crippen molar-refractivity contribution in [1.29, 1.82) is 0 Å². The number of halogens is 1. The maximum absolute atomic E-state index is 6.13. The molecule has 0 bridgehead atoms. The molecule has 0 spiro atoms. The van der Waals surface area contributed by atoms with E-state index in [-0.39, 0.29) is 0 Å². The monoisotopic (exact) mass is 378 g/mol. The van der Waals surface area contributed by atoms with Crippen LogP contribution in [0.3, 0.4) is 0 Å². The van der Waals surface area contributed by atoms with Gasteiger partial charge in [-0.25, -0.2) is 0 Å². The SMILES string of the molecule is C=C(NCCc1c[nH]c2ccc(Cl)cc12)C1=CC(Cc2ccco2)CC=C1. The van der Waals surface area contributed by atoms with Gasteiger partial charge in [-0.15, -0.1) is 0 Å². The lowest BCUT2D eigenvalue weighted by molar-refractivity contribution is 0.475. The Hall–Kier alpha value is -2.65. The Bertz CT molecular complexity index is 995. The van der Waals surface area contributed by atoms with E-state index in [0.717, 1.165) is 47.8 Å². The summed E-state index contributed by atoms with van der Waals surface area (Å²) in [5, 5.41) is 5.42. The molecule has 4 rings (SSSR count). The van der Waals surface area contributed by atoms with Crippen molar-refractivity contribution in [2.75, 3.05) is 6.54 Å². The first kappa shape index (κ1) is 17.7. The van der Waals surface area contributed by atoms with Crippen LogP contribution in [-0.4, -0.2) is 11.5 Å². The van der Waals surface area contributed by atoms with E-state index < -0.39 is 0 Å². The minimum absolute atomic E-state index is 0.449. The molecule has 2 heterocycles. The number of allylic oxidation sites excluding steroid dienone is 3. The van der Waals surface area contributed by atoms with Crippen molar-refractivity contribution in [2.24, 2.45) is 5.92 Å². The normalized spacial score (nSPS) is 16.5. The summed E-state index contributed by atoms with van der Waals surface area (Å²) in [4.78, 5) is 3.30. The van der Waals surface area contributed by atoms with Crippen molar-refractivity contribution in [3.8, 4) is 0 Å². The summed E-state index contributed by atoms with van der Waals surface area (Å²) in [6.45, 7) is 5.05. The summed E-state index contributed by atoms with van der Waals surface area (Å²) in [6, 6.07) is 9.92. The second-order valence-corrected chi connectivity index (χ2v) is 7.40. The molecule has 1 unspecified atom stereocenters. The molecule has 0 saturated carbocycles. The van der Waals surface area contributed by atoms with Gasteiger partial charge in [0, 0.05) is 40.8 Å². The third-order valence-electron chi connectivity index (χ3n) is 5.01. The smallest absolute Gasteiger partial charge is 0.104 e. The van der Waals surface area contributed by atoms with E-state index >= 15 is 0 Å². The van der Waals surface area contributed by atoms with Crippen LogP contribution in [-0.2, 0) is 12.8 Å². The quantitative estimate of drug-likeness (QED) is 0.545. The van der Waals surface area contributed by atoms with Crippen LogP contribution in [0.25, 0.3) is 10.9 Å². The summed E-state index contributed by atoms with van der Waals surface area (Å²) in [7, 11) is 0. The van der Waals surface area contributed by atoms with Crippen LogP contribution in [0.1, 0.15) is 17.7 Å². The highest BCUT2D eigenvalue weighted by Crippen LogP contribution is 2.25. The van der Waals surface area contributed by atoms with Gasteiger partial charge in [0.15, 0.2) is 0 Å². The molecule has 1 aliphatic rings. The van der Waals surface area contributed by atoms with Crippen LogP contribution < -0.4 is 5.32 Å². The highest BCUT2D eigenvalue weighted by atomic mass is 35.5. The zero-order valence-electron chi connectivity index (χ0n) is 15.2. The lowest BCUT2D eigenvalue weighted by Gasteiger charge is -2.18. The van der Waals surface area contributed by atoms with Gasteiger partial charge in [0.1, 0.15) is 5.76 Å². The van der Waals surface area contributed by atoms with Crippen LogP contribution in [0.2, 0.25) is 5.02 Å². The second-order valence-electron chi connectivity index (χ2n) is 6.96. The van der Waals surface area contributed by atoms with E-state index in [9.17, 15) is 0 Å². The minimum Gasteiger partial charge on any atom is -0.469 e. The van der Waals surface area contributed by atoms with Crippen molar-refractivity contribution < 1.29 is 4.42 Å². The van der Waals surface area contributed by atoms with Crippen molar-refractivity contribution in [3.63, 3.8) is 0 Å². The van der Waals surface area contributed by atoms with Crippen molar-refractivity contribution in [2.45, 2.75) is 19.3 Å². The van der Waals surface area contributed by atoms with Gasteiger partial charge < -0.3 is 14.7 Å². The molecule has 1 aliphatic carbocycles. The van der Waals surface area contributed by atoms with Gasteiger partial charge in [0.2, 0.25) is 0 Å². The van der Waals surface area contributed by atoms with Crippen LogP contribution in [0.5, 0.6) is 0 Å². The highest BCUT2D eigenvalue weighted by Gasteiger charge is 2.13. The molecule has 2 N–H and O–H groups in total. The average molecular weight is 379 g/mol. The Labute approximate surface area is 164 Å². The predicted molar refractivity (Wildman–Crippen MR) is 112 cm³/mol. The molecule has 138 valence electrons. The zero-order valence-corrected chi connectivity index (χ0v) is 15.9. The Kier molecular flexibility index (Phi) is 5.21. The number of aromatic amines is 1. The maximum atomic E-state index is 6.13. The fourth-order valence-electron chi connectivity index (χ4n) is 3.59. The van der Waals surface area contributed by atoms with E-state index in [1.54, 1.807) is 6.26 Å². The standard InChI is InChI=1S/C23H23ClN2O/c1-16(18-5-2-4-17(12-18)13-21-6-3-11-27-21)25-10-9-19-15-26-23-8-7-20(24)14-22(19)23/h2-3,5-8,11-12,14-15,17,25-26H,1,4,9-10,13H2. The number of hydrogen-bond donors (Lipinski definition) is 2. The fraction of sp³-hybridized carbons (Fsp3) is 0.217. The molecule has 1 atom stereocenters. The lowest BCUT2D eigenvalue weighted by atomic mass is 9.91. The Balaban J connectivity index is 1.35. The second kappa shape index (κ2) is 7.93. The Morgan fingerprint density at radius 2 is 2.26 bits per heavy atom. The maximum Gasteiger partial charge on any atom is 0.104 e. The number of nitrogens with one attached hydrogen (secondary N) is 2. The molecule has 4 heteroatoms. The topological polar surface area (TPSA) is 41.0 Å². The van der Waals surface area contributed by atoms with E-state index in [1.165, 1.54) is 16.5 Å². The van der Waals surface area contributed by atoms with Gasteiger partial charge in [-0.2, -0.15) is 0 Å². The summed E-state index contributed by atoms with van der Waals surface area (Å²) >= 11 is 6.13. The molecule has 0 saturated heterocycles. The van der Waals surface area contributed by atoms with Gasteiger partial charge >= 0.3 is 0 Å². The summed E-state index contributed by atoms with van der Waals surface area (Å²) in [5.41, 5.74) is 4.51. The lowest BCUT2D eigenvalue weighted by Crippen LogP contribution is -2.18. The van der Waals surface area contributed by atoms with E-state index in [0.29, 0.717) is 5.92 Å². The van der Waals surface area contributed by atoms with Gasteiger partial charge in [-0.1, -0.05) is 36.4 Å². The van der Waals surface area contributed by atoms with Crippen LogP contribution in [0, 0.1) is 5.92 Å². The molecule has 27 heavy (non-hydrogen) atoms. The third-order valence-corrected chi connectivity index (χ3v) is 5.24. The van der Waals surface area contributed by atoms with Crippen LogP contribution >= 0.6 is 11.6 Å². The molecular formula is C23H23ClN2O. The van der Waals surface area contributed by atoms with Crippen molar-refractivity contribution >= 4 is 22.5 Å². The van der Waals surface area contributed by atoms with E-state index in [4.69, 9.17) is 16.0 Å². The molecule has 3 aromatic rings. The molecule has 3 nitrogen and oxygen atoms in total. The molecule has 1 aromatic carbocycles. The number of benzene rings is 1. The van der Waals surface area contributed by atoms with Gasteiger partial charge in [0.05, 0.1) is 6.26 Å². The Morgan fingerprint density at radius 1 is 1.33 bits per heavy atom. The van der Waals surface area contributed by atoms with Gasteiger partial charge in [-0.3, -0.25) is 0 Å². The number of rotatable bonds is 7. The first-order chi connectivity index (χ1) is 13.2. The van der Waals surface area contributed by atoms with Crippen LogP contribution in [0.15, 0.2) is 83.3 Å². The number of H-pyrrole nitrogens is 1. The van der Waals surface area contributed by atoms with Gasteiger partial charge in [0.25, 0.3) is 0 Å². The Morgan fingerprint density at radius 3 is 3.11 bits per heavy atom. The van der Waals surface area contributed by atoms with E-state index in [2.05, 4.69) is 41.3 Å². The number of hydrogen-bond acceptors (Lipinski definition) is 2. The summed E-state index contributed by atoms with van der Waals surface area (Å²) in [5.74, 6) is 1.48. The van der Waals surface area contributed by atoms with Crippen molar-refractivity contribution in [1.82, 2.24) is 10.3 Å². The first-order valence-electron chi connectivity index (χ1n) is 9.28. The minimum atomic E-state index is 0.449. The third kappa shape index (κ3) is 4.20. The zero-order chi connectivity index (χ0) is 18.6. The first-order valence-corrected chi connectivity index (χ1v) is 9.66. The van der Waals surface area contributed by atoms with E-state index in [1.807, 2.05) is 30.3 Å². The number of aromatic nitrogens is 1. The summed E-state index contributed by atoms with van der Waals surface area (Å²) < 4.78 is 5.48. The molecular weight excluding hydrogens is 356 g/mol. The molecule has 0 fully saturated rings. The van der Waals surface area contributed by atoms with Crippen LogP contribution in [0.4, 0.5) is 0 Å². The fourth-order valence-corrected chi connectivity index (χ4v) is 3.76.